The Balaban J connectivity index is 1.70. The topological polar surface area (TPSA) is 54.0 Å². The molecule has 0 saturated carbocycles. The third-order valence-electron chi connectivity index (χ3n) is 3.96. The third-order valence-corrected chi connectivity index (χ3v) is 5.09. The molecule has 2 heterocycles. The molecule has 1 aromatic carbocycles. The van der Waals surface area contributed by atoms with Crippen molar-refractivity contribution in [2.75, 3.05) is 23.4 Å². The molecule has 5 heteroatoms. The maximum Gasteiger partial charge on any atom is 0.225 e. The first-order chi connectivity index (χ1) is 11.2. The van der Waals surface area contributed by atoms with E-state index >= 15 is 0 Å². The molecule has 1 amide bonds. The van der Waals surface area contributed by atoms with Gasteiger partial charge in [0.1, 0.15) is 0 Å². The molecule has 0 aliphatic carbocycles. The van der Waals surface area contributed by atoms with Crippen LogP contribution in [0.5, 0.6) is 0 Å². The van der Waals surface area contributed by atoms with Crippen molar-refractivity contribution in [3.8, 4) is 11.1 Å². The standard InChI is InChI=1S/C18H21N3OS/c1-13-2-3-15(14-4-6-19-7-5-14)10-17(13)21-18(22)11-16-12-23-9-8-20-16/h2-7,10,16,20H,8-9,11-12H2,1H3,(H,21,22). The minimum absolute atomic E-state index is 0.0694. The third kappa shape index (κ3) is 4.33. The van der Waals surface area contributed by atoms with Gasteiger partial charge in [-0.3, -0.25) is 9.78 Å². The van der Waals surface area contributed by atoms with Crippen molar-refractivity contribution in [1.82, 2.24) is 10.3 Å². The van der Waals surface area contributed by atoms with E-state index in [4.69, 9.17) is 0 Å². The lowest BCUT2D eigenvalue weighted by atomic mass is 10.0. The summed E-state index contributed by atoms with van der Waals surface area (Å²) in [5.74, 6) is 2.20. The Labute approximate surface area is 141 Å². The van der Waals surface area contributed by atoms with Crippen LogP contribution < -0.4 is 10.6 Å². The van der Waals surface area contributed by atoms with Gasteiger partial charge in [0.15, 0.2) is 0 Å². The van der Waals surface area contributed by atoms with Gasteiger partial charge in [0.25, 0.3) is 0 Å². The molecule has 0 bridgehead atoms. The number of pyridine rings is 1. The van der Waals surface area contributed by atoms with E-state index < -0.39 is 0 Å². The van der Waals surface area contributed by atoms with Gasteiger partial charge in [0.2, 0.25) is 5.91 Å². The Morgan fingerprint density at radius 2 is 2.13 bits per heavy atom. The van der Waals surface area contributed by atoms with E-state index in [1.165, 1.54) is 0 Å². The molecule has 1 aliphatic heterocycles. The number of hydrogen-bond donors (Lipinski definition) is 2. The second-order valence-electron chi connectivity index (χ2n) is 5.74. The van der Waals surface area contributed by atoms with Gasteiger partial charge in [-0.15, -0.1) is 0 Å². The van der Waals surface area contributed by atoms with Crippen LogP contribution in [0.3, 0.4) is 0 Å². The lowest BCUT2D eigenvalue weighted by Gasteiger charge is -2.22. The zero-order chi connectivity index (χ0) is 16.1. The number of nitrogens with one attached hydrogen (secondary N) is 2. The Morgan fingerprint density at radius 3 is 2.87 bits per heavy atom. The zero-order valence-corrected chi connectivity index (χ0v) is 14.0. The van der Waals surface area contributed by atoms with Crippen molar-refractivity contribution < 1.29 is 4.79 Å². The number of thioether (sulfide) groups is 1. The summed E-state index contributed by atoms with van der Waals surface area (Å²) >= 11 is 1.91. The summed E-state index contributed by atoms with van der Waals surface area (Å²) in [6.07, 6.45) is 4.08. The molecular weight excluding hydrogens is 306 g/mol. The van der Waals surface area contributed by atoms with Crippen LogP contribution in [-0.4, -0.2) is 35.0 Å². The normalized spacial score (nSPS) is 17.7. The Hall–Kier alpha value is -1.85. The molecule has 1 fully saturated rings. The first-order valence-corrected chi connectivity index (χ1v) is 9.00. The van der Waals surface area contributed by atoms with E-state index in [0.29, 0.717) is 6.42 Å². The number of carbonyl (C=O) groups is 1. The number of anilines is 1. The highest BCUT2D eigenvalue weighted by molar-refractivity contribution is 7.99. The summed E-state index contributed by atoms with van der Waals surface area (Å²) in [6, 6.07) is 10.4. The Bertz CT molecular complexity index is 669. The molecule has 1 aromatic heterocycles. The quantitative estimate of drug-likeness (QED) is 0.906. The first kappa shape index (κ1) is 16.0. The highest BCUT2D eigenvalue weighted by Crippen LogP contribution is 2.25. The number of rotatable bonds is 4. The number of amides is 1. The predicted molar refractivity (Wildman–Crippen MR) is 96.8 cm³/mol. The molecule has 0 radical (unpaired) electrons. The summed E-state index contributed by atoms with van der Waals surface area (Å²) in [4.78, 5) is 16.4. The number of hydrogen-bond acceptors (Lipinski definition) is 4. The fourth-order valence-electron chi connectivity index (χ4n) is 2.66. The summed E-state index contributed by atoms with van der Waals surface area (Å²) < 4.78 is 0. The molecule has 2 aromatic rings. The van der Waals surface area contributed by atoms with Gasteiger partial charge in [-0.2, -0.15) is 11.8 Å². The first-order valence-electron chi connectivity index (χ1n) is 7.84. The van der Waals surface area contributed by atoms with Crippen molar-refractivity contribution in [2.45, 2.75) is 19.4 Å². The van der Waals surface area contributed by atoms with Crippen molar-refractivity contribution in [3.05, 3.63) is 48.3 Å². The van der Waals surface area contributed by atoms with E-state index in [1.807, 2.05) is 43.0 Å². The van der Waals surface area contributed by atoms with E-state index in [1.54, 1.807) is 12.4 Å². The average molecular weight is 327 g/mol. The minimum atomic E-state index is 0.0694. The fourth-order valence-corrected chi connectivity index (χ4v) is 3.61. The maximum absolute atomic E-state index is 12.3. The second kappa shape index (κ2) is 7.62. The van der Waals surface area contributed by atoms with Gasteiger partial charge >= 0.3 is 0 Å². The van der Waals surface area contributed by atoms with Gasteiger partial charge in [-0.05, 0) is 41.8 Å². The SMILES string of the molecule is Cc1ccc(-c2ccncc2)cc1NC(=O)CC1CSCCN1. The molecule has 1 saturated heterocycles. The molecule has 23 heavy (non-hydrogen) atoms. The van der Waals surface area contributed by atoms with E-state index in [-0.39, 0.29) is 11.9 Å². The summed E-state index contributed by atoms with van der Waals surface area (Å²) in [5.41, 5.74) is 4.13. The van der Waals surface area contributed by atoms with Crippen LogP contribution in [0.4, 0.5) is 5.69 Å². The Kier molecular flexibility index (Phi) is 5.31. The number of aromatic nitrogens is 1. The van der Waals surface area contributed by atoms with Crippen molar-refractivity contribution in [2.24, 2.45) is 0 Å². The van der Waals surface area contributed by atoms with Gasteiger partial charge < -0.3 is 10.6 Å². The van der Waals surface area contributed by atoms with Gasteiger partial charge in [-0.1, -0.05) is 12.1 Å². The average Bonchev–Trinajstić information content (AvgIpc) is 2.58. The Morgan fingerprint density at radius 1 is 1.30 bits per heavy atom. The lowest BCUT2D eigenvalue weighted by Crippen LogP contribution is -2.39. The molecular formula is C18H21N3OS. The van der Waals surface area contributed by atoms with E-state index in [2.05, 4.69) is 21.7 Å². The molecule has 1 atom stereocenters. The molecule has 1 unspecified atom stereocenters. The molecule has 3 rings (SSSR count). The molecule has 4 nitrogen and oxygen atoms in total. The van der Waals surface area contributed by atoms with Crippen LogP contribution in [-0.2, 0) is 4.79 Å². The molecule has 0 spiro atoms. The largest absolute Gasteiger partial charge is 0.326 e. The van der Waals surface area contributed by atoms with Crippen molar-refractivity contribution >= 4 is 23.4 Å². The lowest BCUT2D eigenvalue weighted by molar-refractivity contribution is -0.116. The predicted octanol–water partition coefficient (Wildman–Crippen LogP) is 3.09. The smallest absolute Gasteiger partial charge is 0.225 e. The molecule has 1 aliphatic rings. The fraction of sp³-hybridized carbons (Fsp3) is 0.333. The number of benzene rings is 1. The van der Waals surface area contributed by atoms with Gasteiger partial charge in [0, 0.05) is 48.6 Å². The molecule has 120 valence electrons. The van der Waals surface area contributed by atoms with Crippen LogP contribution in [0, 0.1) is 6.92 Å². The van der Waals surface area contributed by atoms with Crippen LogP contribution in [0.2, 0.25) is 0 Å². The van der Waals surface area contributed by atoms with Crippen LogP contribution in [0.1, 0.15) is 12.0 Å². The van der Waals surface area contributed by atoms with Gasteiger partial charge in [0.05, 0.1) is 0 Å². The second-order valence-corrected chi connectivity index (χ2v) is 6.89. The maximum atomic E-state index is 12.3. The summed E-state index contributed by atoms with van der Waals surface area (Å²) in [7, 11) is 0. The monoisotopic (exact) mass is 327 g/mol. The van der Waals surface area contributed by atoms with E-state index in [0.717, 1.165) is 40.4 Å². The highest BCUT2D eigenvalue weighted by Gasteiger charge is 2.17. The van der Waals surface area contributed by atoms with Crippen LogP contribution >= 0.6 is 11.8 Å². The van der Waals surface area contributed by atoms with Crippen LogP contribution in [0.15, 0.2) is 42.7 Å². The highest BCUT2D eigenvalue weighted by atomic mass is 32.2. The number of nitrogens with zero attached hydrogens (tertiary/aromatic N) is 1. The minimum Gasteiger partial charge on any atom is -0.326 e. The summed E-state index contributed by atoms with van der Waals surface area (Å²) in [6.45, 7) is 3.00. The molecule has 2 N–H and O–H groups in total. The van der Waals surface area contributed by atoms with Crippen molar-refractivity contribution in [1.29, 1.82) is 0 Å². The number of carbonyl (C=O) groups excluding carboxylic acids is 1. The zero-order valence-electron chi connectivity index (χ0n) is 13.2. The van der Waals surface area contributed by atoms with Crippen molar-refractivity contribution in [3.63, 3.8) is 0 Å². The summed E-state index contributed by atoms with van der Waals surface area (Å²) in [5, 5.41) is 6.46. The van der Waals surface area contributed by atoms with Crippen LogP contribution in [0.25, 0.3) is 11.1 Å². The number of aryl methyl sites for hydroxylation is 1. The van der Waals surface area contributed by atoms with E-state index in [9.17, 15) is 4.79 Å². The van der Waals surface area contributed by atoms with Gasteiger partial charge in [-0.25, -0.2) is 0 Å².